The fourth-order valence-corrected chi connectivity index (χ4v) is 2.77. The van der Waals surface area contributed by atoms with Crippen LogP contribution in [0.2, 0.25) is 0 Å². The number of carbonyl (C=O) groups is 1. The van der Waals surface area contributed by atoms with Gasteiger partial charge >= 0.3 is 0 Å². The minimum absolute atomic E-state index is 0.288. The molecule has 0 aromatic carbocycles. The van der Waals surface area contributed by atoms with E-state index in [-0.39, 0.29) is 11.9 Å². The molecule has 1 amide bonds. The molecule has 1 heterocycles. The van der Waals surface area contributed by atoms with Crippen molar-refractivity contribution < 1.29 is 4.79 Å². The Morgan fingerprint density at radius 3 is 3.13 bits per heavy atom. The molecule has 1 atom stereocenters. The van der Waals surface area contributed by atoms with Gasteiger partial charge in [0, 0.05) is 11.4 Å². The fourth-order valence-electron chi connectivity index (χ4n) is 1.66. The van der Waals surface area contributed by atoms with Crippen LogP contribution >= 0.6 is 11.3 Å². The van der Waals surface area contributed by atoms with Gasteiger partial charge in [0.2, 0.25) is 5.91 Å². The van der Waals surface area contributed by atoms with Gasteiger partial charge in [-0.25, -0.2) is 4.98 Å². The second-order valence-electron chi connectivity index (χ2n) is 3.84. The highest BCUT2D eigenvalue weighted by Crippen LogP contribution is 2.27. The topological polar surface area (TPSA) is 68.0 Å². The maximum Gasteiger partial charge on any atom is 0.234 e. The highest BCUT2D eigenvalue weighted by atomic mass is 32.1. The van der Waals surface area contributed by atoms with E-state index in [4.69, 9.17) is 5.73 Å². The smallest absolute Gasteiger partial charge is 0.234 e. The Hall–Kier alpha value is -0.940. The van der Waals surface area contributed by atoms with Gasteiger partial charge in [0.25, 0.3) is 0 Å². The standard InChI is InChI=1S/C10H15N3OS/c1-6(10(11)14)12-5-9-13-7-3-2-4-8(7)15-9/h6,12H,2-5H2,1H3,(H2,11,14)/t6-/m0/s1. The highest BCUT2D eigenvalue weighted by molar-refractivity contribution is 7.11. The molecule has 0 aliphatic heterocycles. The Morgan fingerprint density at radius 2 is 2.47 bits per heavy atom. The van der Waals surface area contributed by atoms with E-state index in [9.17, 15) is 4.79 Å². The van der Waals surface area contributed by atoms with Gasteiger partial charge < -0.3 is 5.73 Å². The van der Waals surface area contributed by atoms with Crippen LogP contribution in [0.15, 0.2) is 0 Å². The number of aryl methyl sites for hydroxylation is 2. The first-order valence-electron chi connectivity index (χ1n) is 5.17. The molecule has 82 valence electrons. The molecule has 0 fully saturated rings. The third-order valence-electron chi connectivity index (χ3n) is 2.63. The molecule has 3 N–H and O–H groups in total. The Labute approximate surface area is 92.9 Å². The molecule has 5 heteroatoms. The summed E-state index contributed by atoms with van der Waals surface area (Å²) >= 11 is 1.75. The van der Waals surface area contributed by atoms with Gasteiger partial charge in [-0.05, 0) is 26.2 Å². The molecule has 0 radical (unpaired) electrons. The molecular formula is C10H15N3OS. The lowest BCUT2D eigenvalue weighted by atomic mass is 10.3. The zero-order valence-electron chi connectivity index (χ0n) is 8.75. The summed E-state index contributed by atoms with van der Waals surface area (Å²) in [6, 6.07) is -0.288. The average molecular weight is 225 g/mol. The van der Waals surface area contributed by atoms with Gasteiger partial charge in [0.1, 0.15) is 5.01 Å². The van der Waals surface area contributed by atoms with E-state index in [1.165, 1.54) is 23.4 Å². The summed E-state index contributed by atoms with van der Waals surface area (Å²) < 4.78 is 0. The maximum atomic E-state index is 10.8. The van der Waals surface area contributed by atoms with Gasteiger partial charge in [0.05, 0.1) is 11.7 Å². The minimum Gasteiger partial charge on any atom is -0.368 e. The molecule has 0 unspecified atom stereocenters. The van der Waals surface area contributed by atoms with Gasteiger partial charge in [0.15, 0.2) is 0 Å². The number of hydrogen-bond donors (Lipinski definition) is 2. The fraction of sp³-hybridized carbons (Fsp3) is 0.600. The molecular weight excluding hydrogens is 210 g/mol. The van der Waals surface area contributed by atoms with Crippen molar-refractivity contribution in [1.82, 2.24) is 10.3 Å². The Kier molecular flexibility index (Phi) is 3.02. The minimum atomic E-state index is -0.320. The number of nitrogens with one attached hydrogen (secondary N) is 1. The predicted molar refractivity (Wildman–Crippen MR) is 59.6 cm³/mol. The van der Waals surface area contributed by atoms with E-state index in [0.29, 0.717) is 6.54 Å². The number of hydrogen-bond acceptors (Lipinski definition) is 4. The molecule has 1 aromatic rings. The zero-order valence-corrected chi connectivity index (χ0v) is 9.56. The third kappa shape index (κ3) is 2.35. The van der Waals surface area contributed by atoms with Crippen LogP contribution in [0.3, 0.4) is 0 Å². The van der Waals surface area contributed by atoms with Crippen LogP contribution in [0, 0.1) is 0 Å². The summed E-state index contributed by atoms with van der Waals surface area (Å²) in [6.45, 7) is 2.41. The number of amides is 1. The SMILES string of the molecule is C[C@H](NCc1nc2c(s1)CCC2)C(N)=O. The van der Waals surface area contributed by atoms with Gasteiger partial charge in [-0.1, -0.05) is 0 Å². The first-order chi connectivity index (χ1) is 7.16. The lowest BCUT2D eigenvalue weighted by Crippen LogP contribution is -2.38. The van der Waals surface area contributed by atoms with Crippen LogP contribution in [-0.2, 0) is 24.2 Å². The maximum absolute atomic E-state index is 10.8. The van der Waals surface area contributed by atoms with Crippen LogP contribution in [0.25, 0.3) is 0 Å². The highest BCUT2D eigenvalue weighted by Gasteiger charge is 2.17. The van der Waals surface area contributed by atoms with E-state index >= 15 is 0 Å². The molecule has 1 aliphatic carbocycles. The largest absolute Gasteiger partial charge is 0.368 e. The number of nitrogens with zero attached hydrogens (tertiary/aromatic N) is 1. The van der Waals surface area contributed by atoms with Crippen molar-refractivity contribution in [1.29, 1.82) is 0 Å². The van der Waals surface area contributed by atoms with Crippen LogP contribution in [0.1, 0.15) is 28.9 Å². The van der Waals surface area contributed by atoms with Crippen molar-refractivity contribution in [3.63, 3.8) is 0 Å². The molecule has 0 saturated heterocycles. The van der Waals surface area contributed by atoms with E-state index in [0.717, 1.165) is 11.4 Å². The molecule has 0 spiro atoms. The summed E-state index contributed by atoms with van der Waals surface area (Å²) in [5, 5.41) is 4.12. The van der Waals surface area contributed by atoms with Crippen molar-refractivity contribution in [3.8, 4) is 0 Å². The molecule has 4 nitrogen and oxygen atoms in total. The van der Waals surface area contributed by atoms with Gasteiger partial charge in [-0.15, -0.1) is 11.3 Å². The quantitative estimate of drug-likeness (QED) is 0.788. The number of primary amides is 1. The lowest BCUT2D eigenvalue weighted by molar-refractivity contribution is -0.119. The number of fused-ring (bicyclic) bond motifs is 1. The third-order valence-corrected chi connectivity index (χ3v) is 3.78. The first kappa shape index (κ1) is 10.6. The molecule has 0 bridgehead atoms. The number of nitrogens with two attached hydrogens (primary N) is 1. The van der Waals surface area contributed by atoms with Crippen molar-refractivity contribution in [2.24, 2.45) is 5.73 Å². The van der Waals surface area contributed by atoms with Crippen LogP contribution in [0.4, 0.5) is 0 Å². The first-order valence-corrected chi connectivity index (χ1v) is 5.98. The van der Waals surface area contributed by atoms with Gasteiger partial charge in [-0.3, -0.25) is 10.1 Å². The second-order valence-corrected chi connectivity index (χ2v) is 5.00. The van der Waals surface area contributed by atoms with Crippen molar-refractivity contribution in [2.75, 3.05) is 0 Å². The second kappa shape index (κ2) is 4.28. The Bertz CT molecular complexity index is 353. The monoisotopic (exact) mass is 225 g/mol. The Balaban J connectivity index is 1.91. The van der Waals surface area contributed by atoms with Crippen molar-refractivity contribution in [2.45, 2.75) is 38.8 Å². The zero-order chi connectivity index (χ0) is 10.8. The van der Waals surface area contributed by atoms with E-state index in [1.807, 2.05) is 0 Å². The van der Waals surface area contributed by atoms with Crippen LogP contribution in [-0.4, -0.2) is 16.9 Å². The van der Waals surface area contributed by atoms with Gasteiger partial charge in [-0.2, -0.15) is 0 Å². The summed E-state index contributed by atoms with van der Waals surface area (Å²) in [6.07, 6.45) is 3.51. The van der Waals surface area contributed by atoms with E-state index in [2.05, 4.69) is 10.3 Å². The van der Waals surface area contributed by atoms with Crippen LogP contribution < -0.4 is 11.1 Å². The van der Waals surface area contributed by atoms with E-state index < -0.39 is 0 Å². The predicted octanol–water partition coefficient (Wildman–Crippen LogP) is 0.595. The normalized spacial score (nSPS) is 16.3. The average Bonchev–Trinajstić information content (AvgIpc) is 2.72. The molecule has 15 heavy (non-hydrogen) atoms. The van der Waals surface area contributed by atoms with E-state index in [1.54, 1.807) is 18.3 Å². The number of carbonyl (C=O) groups excluding carboxylic acids is 1. The van der Waals surface area contributed by atoms with Crippen molar-refractivity contribution >= 4 is 17.2 Å². The molecule has 0 saturated carbocycles. The Morgan fingerprint density at radius 1 is 1.67 bits per heavy atom. The summed E-state index contributed by atoms with van der Waals surface area (Å²) in [5.74, 6) is -0.320. The van der Waals surface area contributed by atoms with Crippen molar-refractivity contribution in [3.05, 3.63) is 15.6 Å². The summed E-state index contributed by atoms with van der Waals surface area (Å²) in [5.41, 5.74) is 6.41. The number of aromatic nitrogens is 1. The number of rotatable bonds is 4. The molecule has 2 rings (SSSR count). The number of thiazole rings is 1. The summed E-state index contributed by atoms with van der Waals surface area (Å²) in [7, 11) is 0. The lowest BCUT2D eigenvalue weighted by Gasteiger charge is -2.07. The molecule has 1 aliphatic rings. The molecule has 1 aromatic heterocycles. The van der Waals surface area contributed by atoms with Crippen LogP contribution in [0.5, 0.6) is 0 Å². The summed E-state index contributed by atoms with van der Waals surface area (Å²) in [4.78, 5) is 16.7.